The van der Waals surface area contributed by atoms with Crippen LogP contribution >= 0.6 is 0 Å². The van der Waals surface area contributed by atoms with Gasteiger partial charge in [0.2, 0.25) is 0 Å². The number of nitrogens with zero attached hydrogens (tertiary/aromatic N) is 1. The minimum atomic E-state index is -2.98. The van der Waals surface area contributed by atoms with E-state index >= 15 is 0 Å². The maximum absolute atomic E-state index is 14.7. The Morgan fingerprint density at radius 1 is 0.762 bits per heavy atom. The van der Waals surface area contributed by atoms with Gasteiger partial charge in [-0.05, 0) is 44.5 Å². The number of hydrogen-bond donors (Lipinski definition) is 2. The van der Waals surface area contributed by atoms with Crippen molar-refractivity contribution in [2.24, 2.45) is 11.3 Å². The third-order valence-corrected chi connectivity index (χ3v) is 12.6. The van der Waals surface area contributed by atoms with Crippen molar-refractivity contribution in [2.75, 3.05) is 13.2 Å². The highest BCUT2D eigenvalue weighted by Gasteiger charge is 2.92. The second-order valence-electron chi connectivity index (χ2n) is 16.8. The van der Waals surface area contributed by atoms with Gasteiger partial charge in [-0.15, -0.1) is 0 Å². The highest BCUT2D eigenvalue weighted by atomic mass is 16.7. The van der Waals surface area contributed by atoms with Crippen molar-refractivity contribution < 1.29 is 91.2 Å². The minimum absolute atomic E-state index is 0.0502. The number of fused-ring (bicyclic) bond motifs is 5. The van der Waals surface area contributed by atoms with E-state index in [9.17, 15) is 48.6 Å². The molecule has 1 spiro atoms. The maximum Gasteiger partial charge on any atom is 0.340 e. The SMILES string of the molecule is CC(=O)OC[C@]12[C@H](OC(C)=O)[C@H](OC(C)=O)[C@@H]3[C@@H](OC(C)=O)[C@@]14O[C@@]3(C)COC(=O)c1cnccc1[C@H](C)[C@](C)(O)C(=O)O[C@@H]([C@H](OC(C)=O)[C@@H]2OC(=O)c1ccccc1)[C@]4(C)O. The van der Waals surface area contributed by atoms with Crippen molar-refractivity contribution in [3.8, 4) is 0 Å². The zero-order valence-electron chi connectivity index (χ0n) is 35.9. The fourth-order valence-electron chi connectivity index (χ4n) is 9.87. The first-order valence-electron chi connectivity index (χ1n) is 19.9. The highest BCUT2D eigenvalue weighted by molar-refractivity contribution is 5.92. The molecule has 1 aromatic heterocycles. The van der Waals surface area contributed by atoms with Crippen molar-refractivity contribution >= 4 is 47.8 Å². The molecule has 0 radical (unpaired) electrons. The van der Waals surface area contributed by atoms with Gasteiger partial charge in [0.25, 0.3) is 0 Å². The predicted molar refractivity (Wildman–Crippen MR) is 207 cm³/mol. The smallest absolute Gasteiger partial charge is 0.340 e. The molecule has 3 heterocycles. The van der Waals surface area contributed by atoms with Gasteiger partial charge in [0.15, 0.2) is 35.6 Å². The van der Waals surface area contributed by atoms with E-state index in [2.05, 4.69) is 4.98 Å². The lowest BCUT2D eigenvalue weighted by Crippen LogP contribution is -2.89. The van der Waals surface area contributed by atoms with Crippen LogP contribution in [0.25, 0.3) is 0 Å². The van der Waals surface area contributed by atoms with Crippen LogP contribution in [0.3, 0.4) is 0 Å². The molecule has 2 aliphatic carbocycles. The van der Waals surface area contributed by atoms with Crippen LogP contribution < -0.4 is 0 Å². The summed E-state index contributed by atoms with van der Waals surface area (Å²) in [5.74, 6) is -12.0. The Bertz CT molecular complexity index is 2210. The lowest BCUT2D eigenvalue weighted by atomic mass is 9.45. The summed E-state index contributed by atoms with van der Waals surface area (Å²) in [5.41, 5.74) is -13.6. The van der Waals surface area contributed by atoms with Gasteiger partial charge in [-0.25, -0.2) is 14.4 Å². The molecule has 0 amide bonds. The third-order valence-electron chi connectivity index (χ3n) is 12.6. The lowest BCUT2D eigenvalue weighted by Gasteiger charge is -2.67. The van der Waals surface area contributed by atoms with E-state index in [1.165, 1.54) is 50.4 Å². The molecule has 3 fully saturated rings. The Hall–Kier alpha value is -5.99. The van der Waals surface area contributed by atoms with E-state index in [-0.39, 0.29) is 16.7 Å². The molecule has 63 heavy (non-hydrogen) atoms. The molecule has 2 aromatic rings. The summed E-state index contributed by atoms with van der Waals surface area (Å²) in [5, 5.41) is 25.7. The number of pyridine rings is 1. The summed E-state index contributed by atoms with van der Waals surface area (Å²) in [6.45, 7) is 7.69. The van der Waals surface area contributed by atoms with Gasteiger partial charge in [-0.3, -0.25) is 29.0 Å². The molecular formula is C43H49NO19. The molecule has 1 saturated heterocycles. The van der Waals surface area contributed by atoms with Crippen molar-refractivity contribution in [2.45, 2.75) is 127 Å². The fraction of sp³-hybridized carbons (Fsp3) is 0.558. The number of esters is 8. The van der Waals surface area contributed by atoms with Crippen LogP contribution in [0.5, 0.6) is 0 Å². The number of rotatable bonds is 8. The van der Waals surface area contributed by atoms with Gasteiger partial charge in [0.05, 0.1) is 17.0 Å². The number of hydrogen-bond acceptors (Lipinski definition) is 20. The maximum atomic E-state index is 14.7. The van der Waals surface area contributed by atoms with E-state index in [0.29, 0.717) is 0 Å². The second kappa shape index (κ2) is 16.6. The van der Waals surface area contributed by atoms with E-state index in [0.717, 1.165) is 54.7 Å². The zero-order chi connectivity index (χ0) is 46.6. The largest absolute Gasteiger partial charge is 0.465 e. The number of aromatic nitrogens is 1. The van der Waals surface area contributed by atoms with Crippen LogP contribution in [0.1, 0.15) is 94.5 Å². The monoisotopic (exact) mass is 883 g/mol. The fourth-order valence-corrected chi connectivity index (χ4v) is 9.87. The molecular weight excluding hydrogens is 834 g/mol. The lowest BCUT2D eigenvalue weighted by molar-refractivity contribution is -0.386. The van der Waals surface area contributed by atoms with Gasteiger partial charge in [0.1, 0.15) is 42.0 Å². The first kappa shape index (κ1) is 46.5. The number of carbonyl (C=O) groups is 8. The number of ether oxygens (including phenoxy) is 9. The number of carbonyl (C=O) groups excluding carboxylic acids is 8. The first-order valence-corrected chi connectivity index (χ1v) is 19.9. The second-order valence-corrected chi connectivity index (χ2v) is 16.8. The summed E-state index contributed by atoms with van der Waals surface area (Å²) >= 11 is 0. The molecule has 6 rings (SSSR count). The predicted octanol–water partition coefficient (Wildman–Crippen LogP) is 1.44. The molecule has 2 saturated carbocycles. The zero-order valence-corrected chi connectivity index (χ0v) is 35.9. The standard InChI is InChI=1S/C43H49NO19/c1-20-27-15-16-44-17-28(27)37(51)56-18-39(7)29-30(57-22(3)46)34(60-25(6)49)42(19-55-21(2)45)35(61-36(50)26-13-11-10-12-14-26)31(58-23(4)47)33(62-38(52)40(20,8)53)41(9,54)43(42,63-39)32(29)59-24(5)48/h10-17,20,29-35,53-54H,18-19H2,1-9H3/t20-,29+,30+,31-,32+,33-,34+,35-,39-,40-,41-,42+,43-/m0/s1. The van der Waals surface area contributed by atoms with Crippen LogP contribution in [0.4, 0.5) is 0 Å². The summed E-state index contributed by atoms with van der Waals surface area (Å²) in [6.07, 6.45) is -10.4. The quantitative estimate of drug-likeness (QED) is 0.280. The molecule has 20 heteroatoms. The molecule has 340 valence electrons. The summed E-state index contributed by atoms with van der Waals surface area (Å²) in [6, 6.07) is 8.61. The first-order chi connectivity index (χ1) is 29.4. The van der Waals surface area contributed by atoms with Gasteiger partial charge in [0, 0.05) is 52.9 Å². The van der Waals surface area contributed by atoms with Crippen molar-refractivity contribution in [1.29, 1.82) is 0 Å². The molecule has 1 aromatic carbocycles. The number of benzene rings is 1. The van der Waals surface area contributed by atoms with Crippen molar-refractivity contribution in [1.82, 2.24) is 4.98 Å². The van der Waals surface area contributed by atoms with Crippen LogP contribution in [0.15, 0.2) is 48.8 Å². The molecule has 4 bridgehead atoms. The number of cyclic esters (lactones) is 1. The van der Waals surface area contributed by atoms with Crippen molar-refractivity contribution in [3.05, 3.63) is 65.5 Å². The topological polar surface area (TPSA) is 273 Å². The Balaban J connectivity index is 1.82. The minimum Gasteiger partial charge on any atom is -0.465 e. The van der Waals surface area contributed by atoms with E-state index in [1.807, 2.05) is 0 Å². The van der Waals surface area contributed by atoms with E-state index < -0.39 is 137 Å². The average Bonchev–Trinajstić information content (AvgIpc) is 3.42. The Morgan fingerprint density at radius 3 is 1.92 bits per heavy atom. The molecule has 4 aliphatic rings. The molecule has 20 nitrogen and oxygen atoms in total. The van der Waals surface area contributed by atoms with Crippen LogP contribution in [-0.2, 0) is 71.4 Å². The van der Waals surface area contributed by atoms with Gasteiger partial charge < -0.3 is 52.8 Å². The third kappa shape index (κ3) is 7.56. The van der Waals surface area contributed by atoms with E-state index in [4.69, 9.17) is 42.6 Å². The van der Waals surface area contributed by atoms with Gasteiger partial charge >= 0.3 is 47.8 Å². The molecule has 2 aliphatic heterocycles. The van der Waals surface area contributed by atoms with Gasteiger partial charge in [-0.1, -0.05) is 25.1 Å². The summed E-state index contributed by atoms with van der Waals surface area (Å²) < 4.78 is 55.1. The number of aliphatic hydroxyl groups is 2. The summed E-state index contributed by atoms with van der Waals surface area (Å²) in [4.78, 5) is 114. The highest BCUT2D eigenvalue weighted by Crippen LogP contribution is 2.70. The van der Waals surface area contributed by atoms with Crippen LogP contribution in [0, 0.1) is 11.3 Å². The normalized spacial score (nSPS) is 36.8. The van der Waals surface area contributed by atoms with Crippen LogP contribution in [0.2, 0.25) is 0 Å². The van der Waals surface area contributed by atoms with Crippen LogP contribution in [-0.4, -0.2) is 135 Å². The Morgan fingerprint density at radius 2 is 1.33 bits per heavy atom. The van der Waals surface area contributed by atoms with Crippen molar-refractivity contribution in [3.63, 3.8) is 0 Å². The van der Waals surface area contributed by atoms with Gasteiger partial charge in [-0.2, -0.15) is 0 Å². The summed E-state index contributed by atoms with van der Waals surface area (Å²) in [7, 11) is 0. The Labute approximate surface area is 360 Å². The molecule has 0 unspecified atom stereocenters. The molecule has 2 N–H and O–H groups in total. The van der Waals surface area contributed by atoms with E-state index in [1.54, 1.807) is 6.07 Å². The average molecular weight is 884 g/mol. The Kier molecular flexibility index (Phi) is 12.3. The molecule has 13 atom stereocenters.